The maximum absolute atomic E-state index is 12.8. The van der Waals surface area contributed by atoms with Crippen molar-refractivity contribution in [3.8, 4) is 11.4 Å². The molecule has 3 fully saturated rings. The van der Waals surface area contributed by atoms with Crippen molar-refractivity contribution in [2.45, 2.75) is 116 Å². The minimum atomic E-state index is -0.646. The summed E-state index contributed by atoms with van der Waals surface area (Å²) in [5.74, 6) is 3.52. The van der Waals surface area contributed by atoms with Gasteiger partial charge in [-0.15, -0.1) is 0 Å². The summed E-state index contributed by atoms with van der Waals surface area (Å²) >= 11 is 0. The van der Waals surface area contributed by atoms with Crippen LogP contribution in [0.2, 0.25) is 0 Å². The molecule has 2 aliphatic carbocycles. The molecule has 0 spiro atoms. The molecule has 0 unspecified atom stereocenters. The van der Waals surface area contributed by atoms with Crippen molar-refractivity contribution in [2.75, 3.05) is 13.1 Å². The molecule has 1 atom stereocenters. The minimum absolute atomic E-state index is 0.129. The van der Waals surface area contributed by atoms with Crippen LogP contribution in [0, 0.1) is 23.7 Å². The molecule has 1 aromatic carbocycles. The van der Waals surface area contributed by atoms with Gasteiger partial charge >= 0.3 is 5.97 Å². The Morgan fingerprint density at radius 2 is 1.51 bits per heavy atom. The van der Waals surface area contributed by atoms with E-state index in [4.69, 9.17) is 20.4 Å². The summed E-state index contributed by atoms with van der Waals surface area (Å²) in [6.07, 6.45) is 18.3. The fourth-order valence-corrected chi connectivity index (χ4v) is 7.54. The average molecular weight is 589 g/mol. The van der Waals surface area contributed by atoms with Crippen LogP contribution in [-0.2, 0) is 20.7 Å². The van der Waals surface area contributed by atoms with E-state index in [0.717, 1.165) is 34.7 Å². The third-order valence-corrected chi connectivity index (χ3v) is 10.1. The number of hydrogen-bond acceptors (Lipinski definition) is 6. The lowest BCUT2D eigenvalue weighted by Crippen LogP contribution is -2.58. The molecule has 2 N–H and O–H groups in total. The van der Waals surface area contributed by atoms with Crippen LogP contribution < -0.4 is 5.73 Å². The Morgan fingerprint density at radius 1 is 0.930 bits per heavy atom. The summed E-state index contributed by atoms with van der Waals surface area (Å²) in [7, 11) is 0. The van der Waals surface area contributed by atoms with Gasteiger partial charge in [-0.25, -0.2) is 9.97 Å². The Hall–Kier alpha value is -2.80. The molecule has 1 amide bonds. The van der Waals surface area contributed by atoms with E-state index in [1.807, 2.05) is 57.4 Å². The summed E-state index contributed by atoms with van der Waals surface area (Å²) in [6.45, 7) is 8.60. The minimum Gasteiger partial charge on any atom is -0.460 e. The molecule has 2 saturated carbocycles. The van der Waals surface area contributed by atoms with Gasteiger partial charge < -0.3 is 15.4 Å². The van der Waals surface area contributed by atoms with Crippen LogP contribution in [0.1, 0.15) is 109 Å². The first kappa shape index (κ1) is 31.6. The summed E-state index contributed by atoms with van der Waals surface area (Å²) in [5, 5.41) is 0. The number of ether oxygens (including phenoxy) is 1. The van der Waals surface area contributed by atoms with E-state index < -0.39 is 11.6 Å². The molecule has 43 heavy (non-hydrogen) atoms. The number of carbonyl (C=O) groups is 2. The number of nitrogens with zero attached hydrogens (tertiary/aromatic N) is 3. The second kappa shape index (κ2) is 13.9. The zero-order valence-corrected chi connectivity index (χ0v) is 26.8. The van der Waals surface area contributed by atoms with Gasteiger partial charge in [0.1, 0.15) is 5.60 Å². The first-order valence-electron chi connectivity index (χ1n) is 16.8. The number of aromatic nitrogens is 2. The highest BCUT2D eigenvalue weighted by atomic mass is 16.6. The van der Waals surface area contributed by atoms with Crippen molar-refractivity contribution in [1.82, 2.24) is 14.9 Å². The molecule has 3 aliphatic rings. The van der Waals surface area contributed by atoms with E-state index in [2.05, 4.69) is 6.92 Å². The largest absolute Gasteiger partial charge is 0.460 e. The fraction of sp³-hybridized carbons (Fsp3) is 0.667. The second-order valence-corrected chi connectivity index (χ2v) is 14.5. The number of rotatable bonds is 9. The molecule has 0 radical (unpaired) electrons. The van der Waals surface area contributed by atoms with Gasteiger partial charge in [0.15, 0.2) is 5.82 Å². The molecule has 0 bridgehead atoms. The molecule has 234 valence electrons. The van der Waals surface area contributed by atoms with E-state index in [0.29, 0.717) is 25.4 Å². The van der Waals surface area contributed by atoms with Crippen LogP contribution in [0.25, 0.3) is 11.4 Å². The molecule has 2 aromatic rings. The number of esters is 1. The summed E-state index contributed by atoms with van der Waals surface area (Å²) < 4.78 is 5.43. The molecule has 2 heterocycles. The average Bonchev–Trinajstić information content (AvgIpc) is 2.96. The third kappa shape index (κ3) is 8.23. The first-order valence-corrected chi connectivity index (χ1v) is 16.8. The smallest absolute Gasteiger partial charge is 0.313 e. The van der Waals surface area contributed by atoms with Crippen LogP contribution in [0.15, 0.2) is 36.7 Å². The monoisotopic (exact) mass is 588 g/mol. The van der Waals surface area contributed by atoms with Gasteiger partial charge in [0.05, 0.1) is 12.0 Å². The SMILES string of the molecule is CCCC1CCC(C2CCC(c3cnc(-c4ccc(C[C@H](N)C(=O)N5CC(C(=O)OC(C)(C)C)C5)cc4)nc3)CC2)CC1. The van der Waals surface area contributed by atoms with Crippen molar-refractivity contribution < 1.29 is 14.3 Å². The quantitative estimate of drug-likeness (QED) is 0.328. The van der Waals surface area contributed by atoms with Crippen molar-refractivity contribution in [3.63, 3.8) is 0 Å². The summed E-state index contributed by atoms with van der Waals surface area (Å²) in [6, 6.07) is 7.35. The molecule has 7 nitrogen and oxygen atoms in total. The number of nitrogens with two attached hydrogens (primary N) is 1. The molecular formula is C36H52N4O3. The summed E-state index contributed by atoms with van der Waals surface area (Å²) in [5.41, 5.74) is 8.95. The van der Waals surface area contributed by atoms with Gasteiger partial charge in [-0.2, -0.15) is 0 Å². The Kier molecular flexibility index (Phi) is 10.2. The second-order valence-electron chi connectivity index (χ2n) is 14.5. The van der Waals surface area contributed by atoms with Gasteiger partial charge in [-0.3, -0.25) is 9.59 Å². The summed E-state index contributed by atoms with van der Waals surface area (Å²) in [4.78, 5) is 36.1. The van der Waals surface area contributed by atoms with Gasteiger partial charge in [-0.05, 0) is 101 Å². The predicted octanol–water partition coefficient (Wildman–Crippen LogP) is 6.69. The highest BCUT2D eigenvalue weighted by Gasteiger charge is 2.39. The van der Waals surface area contributed by atoms with Crippen molar-refractivity contribution in [1.29, 1.82) is 0 Å². The van der Waals surface area contributed by atoms with Crippen molar-refractivity contribution in [2.24, 2.45) is 29.4 Å². The predicted molar refractivity (Wildman–Crippen MR) is 170 cm³/mol. The lowest BCUT2D eigenvalue weighted by atomic mass is 9.68. The Balaban J connectivity index is 1.06. The number of likely N-dealkylation sites (tertiary alicyclic amines) is 1. The zero-order valence-electron chi connectivity index (χ0n) is 26.8. The standard InChI is InChI=1S/C36H52N4O3/c1-5-6-24-7-11-26(12-8-24)27-15-17-28(18-16-27)30-20-38-33(39-21-30)29-13-9-25(10-14-29)19-32(37)34(41)40-22-31(23-40)35(42)43-36(2,3)4/h9-10,13-14,20-21,24,26-28,31-32H,5-8,11-12,15-19,22-23,37H2,1-4H3/t24?,26?,27?,28?,32-/m0/s1. The van der Waals surface area contributed by atoms with Gasteiger partial charge in [0.2, 0.25) is 5.91 Å². The van der Waals surface area contributed by atoms with Crippen LogP contribution >= 0.6 is 0 Å². The number of hydrogen-bond donors (Lipinski definition) is 1. The van der Waals surface area contributed by atoms with Crippen LogP contribution in [0.4, 0.5) is 0 Å². The van der Waals surface area contributed by atoms with Crippen molar-refractivity contribution >= 4 is 11.9 Å². The van der Waals surface area contributed by atoms with E-state index in [1.54, 1.807) is 4.90 Å². The van der Waals surface area contributed by atoms with Crippen LogP contribution in [-0.4, -0.2) is 51.5 Å². The van der Waals surface area contributed by atoms with Crippen LogP contribution in [0.3, 0.4) is 0 Å². The lowest BCUT2D eigenvalue weighted by molar-refractivity contribution is -0.168. The highest BCUT2D eigenvalue weighted by Crippen LogP contribution is 2.44. The molecule has 7 heteroatoms. The van der Waals surface area contributed by atoms with Crippen molar-refractivity contribution in [3.05, 3.63) is 47.8 Å². The first-order chi connectivity index (χ1) is 20.6. The van der Waals surface area contributed by atoms with E-state index in [1.165, 1.54) is 69.8 Å². The zero-order chi connectivity index (χ0) is 30.6. The number of carbonyl (C=O) groups excluding carboxylic acids is 2. The normalized spacial score (nSPS) is 25.6. The maximum atomic E-state index is 12.8. The molecule has 1 aliphatic heterocycles. The third-order valence-electron chi connectivity index (χ3n) is 10.1. The number of amides is 1. The van der Waals surface area contributed by atoms with Crippen LogP contribution in [0.5, 0.6) is 0 Å². The van der Waals surface area contributed by atoms with E-state index in [-0.39, 0.29) is 17.8 Å². The van der Waals surface area contributed by atoms with Gasteiger partial charge in [-0.1, -0.05) is 56.9 Å². The fourth-order valence-electron chi connectivity index (χ4n) is 7.54. The van der Waals surface area contributed by atoms with Gasteiger partial charge in [0.25, 0.3) is 0 Å². The molecule has 1 saturated heterocycles. The molecule has 5 rings (SSSR count). The maximum Gasteiger partial charge on any atom is 0.313 e. The molecular weight excluding hydrogens is 536 g/mol. The number of benzene rings is 1. The van der Waals surface area contributed by atoms with E-state index >= 15 is 0 Å². The Bertz CT molecular complexity index is 1200. The Morgan fingerprint density at radius 3 is 2.07 bits per heavy atom. The lowest BCUT2D eigenvalue weighted by Gasteiger charge is -2.40. The Labute approximate surface area is 258 Å². The topological polar surface area (TPSA) is 98.4 Å². The van der Waals surface area contributed by atoms with Gasteiger partial charge in [0, 0.05) is 31.0 Å². The molecule has 1 aromatic heterocycles. The van der Waals surface area contributed by atoms with E-state index in [9.17, 15) is 9.59 Å². The highest BCUT2D eigenvalue weighted by molar-refractivity contribution is 5.85.